The van der Waals surface area contributed by atoms with E-state index in [1.807, 2.05) is 0 Å². The molecular formula is C32H24N6O16S4. The van der Waals surface area contributed by atoms with Crippen LogP contribution >= 0.6 is 0 Å². The van der Waals surface area contributed by atoms with Crippen LogP contribution in [0.15, 0.2) is 113 Å². The molecule has 58 heavy (non-hydrogen) atoms. The fourth-order valence-corrected chi connectivity index (χ4v) is 9.22. The molecule has 22 nitrogen and oxygen atoms in total. The molecule has 0 aromatic heterocycles. The van der Waals surface area contributed by atoms with Crippen LogP contribution in [0.4, 0.5) is 34.1 Å². The first kappa shape index (κ1) is 41.1. The number of hydrogen-bond acceptors (Lipinski definition) is 18. The summed E-state index contributed by atoms with van der Waals surface area (Å²) in [6.45, 7) is 0. The Bertz CT molecular complexity index is 3300. The van der Waals surface area contributed by atoms with Crippen molar-refractivity contribution in [2.45, 2.75) is 19.6 Å². The van der Waals surface area contributed by atoms with E-state index < -0.39 is 122 Å². The first-order valence-corrected chi connectivity index (χ1v) is 21.1. The second-order valence-electron chi connectivity index (χ2n) is 12.0. The Balaban J connectivity index is 1.29. The molecule has 12 N–H and O–H groups in total. The lowest BCUT2D eigenvalue weighted by molar-refractivity contribution is 0.467. The second kappa shape index (κ2) is 14.1. The van der Waals surface area contributed by atoms with E-state index in [1.165, 1.54) is 36.4 Å². The van der Waals surface area contributed by atoms with E-state index in [4.69, 9.17) is 11.5 Å². The summed E-state index contributed by atoms with van der Waals surface area (Å²) >= 11 is 0. The number of azo groups is 2. The summed E-state index contributed by atoms with van der Waals surface area (Å²) in [6.07, 6.45) is 0. The largest absolute Gasteiger partial charge is 0.506 e. The van der Waals surface area contributed by atoms with E-state index in [2.05, 4.69) is 20.5 Å². The SMILES string of the molecule is Nc1cc(S(=O)(=O)O)c(S(=O)(=O)O)c2ccc(N=Nc3ccc(-c4ccc(N=Nc5ccc6c(S(=O)(=O)O)cc(S(=O)(=O)O)c(N)c6c5O)c(O)c4)cc3O)c(O)c12. The van der Waals surface area contributed by atoms with Gasteiger partial charge < -0.3 is 31.9 Å². The van der Waals surface area contributed by atoms with Gasteiger partial charge in [0.1, 0.15) is 53.8 Å². The Morgan fingerprint density at radius 2 is 0.845 bits per heavy atom. The van der Waals surface area contributed by atoms with Crippen molar-refractivity contribution in [3.63, 3.8) is 0 Å². The maximum atomic E-state index is 12.1. The number of aromatic hydroxyl groups is 4. The third-order valence-corrected chi connectivity index (χ3v) is 12.1. The maximum Gasteiger partial charge on any atom is 0.296 e. The first-order valence-electron chi connectivity index (χ1n) is 15.3. The minimum Gasteiger partial charge on any atom is -0.506 e. The summed E-state index contributed by atoms with van der Waals surface area (Å²) in [5.74, 6) is -2.62. The van der Waals surface area contributed by atoms with E-state index in [1.54, 1.807) is 0 Å². The van der Waals surface area contributed by atoms with Gasteiger partial charge in [-0.3, -0.25) is 18.2 Å². The molecule has 0 radical (unpaired) electrons. The summed E-state index contributed by atoms with van der Waals surface area (Å²) in [4.78, 5) is -4.60. The van der Waals surface area contributed by atoms with Gasteiger partial charge in [0.2, 0.25) is 0 Å². The molecule has 6 aromatic carbocycles. The molecule has 0 fully saturated rings. The van der Waals surface area contributed by atoms with E-state index >= 15 is 0 Å². The molecule has 0 heterocycles. The van der Waals surface area contributed by atoms with Crippen LogP contribution in [0, 0.1) is 0 Å². The number of fused-ring (bicyclic) bond motifs is 2. The third kappa shape index (κ3) is 7.63. The lowest BCUT2D eigenvalue weighted by atomic mass is 10.0. The van der Waals surface area contributed by atoms with Crippen molar-refractivity contribution in [3.8, 4) is 34.1 Å². The lowest BCUT2D eigenvalue weighted by Gasteiger charge is -2.13. The van der Waals surface area contributed by atoms with Gasteiger partial charge in [-0.25, -0.2) is 0 Å². The van der Waals surface area contributed by atoms with Gasteiger partial charge in [0.25, 0.3) is 40.5 Å². The number of nitrogen functional groups attached to an aromatic ring is 2. The van der Waals surface area contributed by atoms with Crippen molar-refractivity contribution in [3.05, 3.63) is 72.8 Å². The highest BCUT2D eigenvalue weighted by Gasteiger charge is 2.30. The van der Waals surface area contributed by atoms with E-state index in [0.717, 1.165) is 24.3 Å². The molecule has 0 aliphatic rings. The Kier molecular flexibility index (Phi) is 10.0. The number of nitrogens with two attached hydrogens (primary N) is 2. The maximum absolute atomic E-state index is 12.1. The average Bonchev–Trinajstić information content (AvgIpc) is 3.09. The molecule has 0 bridgehead atoms. The summed E-state index contributed by atoms with van der Waals surface area (Å²) in [5.41, 5.74) is 9.95. The van der Waals surface area contributed by atoms with Crippen LogP contribution in [0.25, 0.3) is 32.7 Å². The van der Waals surface area contributed by atoms with Gasteiger partial charge in [0.05, 0.1) is 16.5 Å². The van der Waals surface area contributed by atoms with Gasteiger partial charge in [-0.05, 0) is 59.7 Å². The average molecular weight is 877 g/mol. The molecule has 6 aromatic rings. The molecule has 0 saturated carbocycles. The molecule has 0 spiro atoms. The fourth-order valence-electron chi connectivity index (χ4n) is 5.77. The zero-order valence-electron chi connectivity index (χ0n) is 28.3. The first-order chi connectivity index (χ1) is 26.8. The number of phenols is 4. The van der Waals surface area contributed by atoms with Crippen molar-refractivity contribution in [2.75, 3.05) is 11.5 Å². The zero-order valence-corrected chi connectivity index (χ0v) is 31.6. The van der Waals surface area contributed by atoms with Crippen LogP contribution in [0.3, 0.4) is 0 Å². The van der Waals surface area contributed by atoms with Crippen LogP contribution in [0.2, 0.25) is 0 Å². The highest BCUT2D eigenvalue weighted by Crippen LogP contribution is 2.46. The normalized spacial score (nSPS) is 13.0. The van der Waals surface area contributed by atoms with Crippen LogP contribution in [0.5, 0.6) is 23.0 Å². The highest BCUT2D eigenvalue weighted by atomic mass is 32.2. The van der Waals surface area contributed by atoms with Crippen LogP contribution in [-0.2, 0) is 40.5 Å². The number of hydrogen-bond donors (Lipinski definition) is 10. The Hall–Kier alpha value is -6.52. The smallest absolute Gasteiger partial charge is 0.296 e. The monoisotopic (exact) mass is 876 g/mol. The van der Waals surface area contributed by atoms with E-state index in [0.29, 0.717) is 23.3 Å². The van der Waals surface area contributed by atoms with Crippen LogP contribution < -0.4 is 11.5 Å². The Morgan fingerprint density at radius 3 is 1.28 bits per heavy atom. The molecular weight excluding hydrogens is 853 g/mol. The summed E-state index contributed by atoms with van der Waals surface area (Å²) in [7, 11) is -20.7. The second-order valence-corrected chi connectivity index (χ2v) is 17.5. The van der Waals surface area contributed by atoms with Crippen molar-refractivity contribution in [2.24, 2.45) is 20.5 Å². The minimum atomic E-state index is -5.29. The number of phenolic OH excluding ortho intramolecular Hbond substituents is 4. The van der Waals surface area contributed by atoms with Gasteiger partial charge in [0.15, 0.2) is 11.5 Å². The molecule has 0 aliphatic heterocycles. The number of benzene rings is 6. The highest BCUT2D eigenvalue weighted by molar-refractivity contribution is 7.89. The quantitative estimate of drug-likeness (QED) is 0.0489. The number of anilines is 2. The van der Waals surface area contributed by atoms with Gasteiger partial charge in [-0.15, -0.1) is 20.5 Å². The molecule has 26 heteroatoms. The van der Waals surface area contributed by atoms with E-state index in [9.17, 15) is 72.3 Å². The molecule has 302 valence electrons. The van der Waals surface area contributed by atoms with Crippen LogP contribution in [-0.4, -0.2) is 72.3 Å². The van der Waals surface area contributed by atoms with Gasteiger partial charge in [0, 0.05) is 16.5 Å². The number of nitrogens with zero attached hydrogens (tertiary/aromatic N) is 4. The summed E-state index contributed by atoms with van der Waals surface area (Å²) < 4.78 is 134. The standard InChI is InChI=1S/C32H24N6O16S4/c33-17-11-26(57(49,50)51)32(58(52,53)54)16-4-8-20(30(41)27(16)17)37-35-18-5-1-13(9-22(18)39)14-2-6-19(23(40)10-14)36-38-21-7-3-15-24(55(43,44)45)12-25(56(46,47)48)29(34)28(15)31(21)42/h1-12,39-42H,33-34H2,(H,43,44,45)(H,46,47,48)(H,49,50,51)(H,52,53,54). The molecule has 0 saturated heterocycles. The van der Waals surface area contributed by atoms with Crippen LogP contribution in [0.1, 0.15) is 0 Å². The predicted molar refractivity (Wildman–Crippen MR) is 203 cm³/mol. The van der Waals surface area contributed by atoms with Gasteiger partial charge >= 0.3 is 0 Å². The predicted octanol–water partition coefficient (Wildman–Crippen LogP) is 5.46. The molecule has 0 unspecified atom stereocenters. The molecule has 0 amide bonds. The summed E-state index contributed by atoms with van der Waals surface area (Å²) in [5, 5.41) is 56.4. The van der Waals surface area contributed by atoms with Gasteiger partial charge in [-0.2, -0.15) is 33.7 Å². The zero-order chi connectivity index (χ0) is 42.9. The minimum absolute atomic E-state index is 0.158. The molecule has 6 rings (SSSR count). The van der Waals surface area contributed by atoms with Crippen molar-refractivity contribution >= 4 is 96.1 Å². The lowest BCUT2D eigenvalue weighted by Crippen LogP contribution is -2.10. The number of rotatable bonds is 9. The van der Waals surface area contributed by atoms with Crippen molar-refractivity contribution in [1.29, 1.82) is 0 Å². The Morgan fingerprint density at radius 1 is 0.431 bits per heavy atom. The van der Waals surface area contributed by atoms with E-state index in [-0.39, 0.29) is 17.1 Å². The topological polar surface area (TPSA) is 400 Å². The Labute approximate surface area is 325 Å². The van der Waals surface area contributed by atoms with Crippen molar-refractivity contribution < 1.29 is 72.3 Å². The van der Waals surface area contributed by atoms with Gasteiger partial charge in [-0.1, -0.05) is 24.3 Å². The summed E-state index contributed by atoms with van der Waals surface area (Å²) in [6, 6.07) is 12.8. The van der Waals surface area contributed by atoms with Crippen molar-refractivity contribution in [1.82, 2.24) is 0 Å². The fraction of sp³-hybridized carbons (Fsp3) is 0. The third-order valence-electron chi connectivity index (χ3n) is 8.33. The molecule has 0 aliphatic carbocycles. The molecule has 0 atom stereocenters.